The zero-order valence-electron chi connectivity index (χ0n) is 23.2. The zero-order chi connectivity index (χ0) is 28.6. The lowest BCUT2D eigenvalue weighted by atomic mass is 9.94. The highest BCUT2D eigenvalue weighted by atomic mass is 32.1. The third kappa shape index (κ3) is 4.86. The Morgan fingerprint density at radius 2 is 2.02 bits per heavy atom. The van der Waals surface area contributed by atoms with Crippen molar-refractivity contribution in [2.24, 2.45) is 11.3 Å². The maximum Gasteiger partial charge on any atom is 0.225 e. The summed E-state index contributed by atoms with van der Waals surface area (Å²) in [7, 11) is 0. The molecule has 0 amide bonds. The van der Waals surface area contributed by atoms with Crippen LogP contribution in [0.25, 0.3) is 21.2 Å². The summed E-state index contributed by atoms with van der Waals surface area (Å²) in [5.74, 6) is 0.570. The molecule has 3 aromatic heterocycles. The Labute approximate surface area is 237 Å². The minimum atomic E-state index is -0.749. The number of nitriles is 1. The van der Waals surface area contributed by atoms with Gasteiger partial charge in [-0.3, -0.25) is 4.98 Å². The number of thiophene rings is 1. The summed E-state index contributed by atoms with van der Waals surface area (Å²) >= 11 is 1.00. The lowest BCUT2D eigenvalue weighted by molar-refractivity contribution is 0.213. The van der Waals surface area contributed by atoms with E-state index in [1.54, 1.807) is 6.20 Å². The van der Waals surface area contributed by atoms with Gasteiger partial charge in [0.15, 0.2) is 5.82 Å². The predicted molar refractivity (Wildman–Crippen MR) is 156 cm³/mol. The van der Waals surface area contributed by atoms with Crippen molar-refractivity contribution in [2.75, 3.05) is 36.9 Å². The maximum atomic E-state index is 14.5. The fourth-order valence-electron chi connectivity index (χ4n) is 5.51. The summed E-state index contributed by atoms with van der Waals surface area (Å²) in [6.45, 7) is 12.3. The van der Waals surface area contributed by atoms with Crippen LogP contribution in [0.2, 0.25) is 0 Å². The number of hydrogen-bond donors (Lipinski definition) is 1. The molecule has 2 aliphatic heterocycles. The van der Waals surface area contributed by atoms with E-state index >= 15 is 0 Å². The van der Waals surface area contributed by atoms with Gasteiger partial charge in [-0.2, -0.15) is 5.26 Å². The van der Waals surface area contributed by atoms with E-state index in [9.17, 15) is 14.0 Å². The van der Waals surface area contributed by atoms with E-state index in [1.807, 2.05) is 0 Å². The second kappa shape index (κ2) is 11.2. The van der Waals surface area contributed by atoms with E-state index in [0.29, 0.717) is 56.3 Å². The van der Waals surface area contributed by atoms with Gasteiger partial charge in [-0.15, -0.1) is 11.3 Å². The highest BCUT2D eigenvalue weighted by Crippen LogP contribution is 2.56. The molecule has 0 radical (unpaired) electrons. The SMILES string of the molecule is C=C(C1=C(c2cnc(N3CC(C)C4(CC4)C3)nc2CF)COC1)c1ncc(F)c2sc(N)c(C#N)c12.CCCC. The van der Waals surface area contributed by atoms with Gasteiger partial charge in [0.25, 0.3) is 0 Å². The third-order valence-electron chi connectivity index (χ3n) is 8.34. The van der Waals surface area contributed by atoms with Crippen LogP contribution in [0.4, 0.5) is 19.7 Å². The second-order valence-electron chi connectivity index (χ2n) is 10.8. The van der Waals surface area contributed by atoms with E-state index in [4.69, 9.17) is 10.5 Å². The Hall–Kier alpha value is -3.42. The Kier molecular flexibility index (Phi) is 7.89. The first-order chi connectivity index (χ1) is 19.3. The van der Waals surface area contributed by atoms with Crippen molar-refractivity contribution in [1.82, 2.24) is 15.0 Å². The minimum absolute atomic E-state index is 0.171. The van der Waals surface area contributed by atoms with Gasteiger partial charge >= 0.3 is 0 Å². The second-order valence-corrected chi connectivity index (χ2v) is 11.9. The van der Waals surface area contributed by atoms with Crippen LogP contribution < -0.4 is 10.6 Å². The van der Waals surface area contributed by atoms with Crippen LogP contribution in [-0.2, 0) is 11.4 Å². The number of nitrogens with zero attached hydrogens (tertiary/aromatic N) is 5. The molecule has 2 N–H and O–H groups in total. The third-order valence-corrected chi connectivity index (χ3v) is 9.37. The summed E-state index contributed by atoms with van der Waals surface area (Å²) in [5, 5.41) is 10.2. The van der Waals surface area contributed by atoms with Gasteiger partial charge in [0.2, 0.25) is 5.95 Å². The first kappa shape index (κ1) is 28.1. The number of halogens is 2. The molecular weight excluding hydrogens is 530 g/mol. The molecule has 40 heavy (non-hydrogen) atoms. The number of nitrogens with two attached hydrogens (primary N) is 1. The van der Waals surface area contributed by atoms with Gasteiger partial charge in [0.05, 0.1) is 41.1 Å². The van der Waals surface area contributed by atoms with Crippen molar-refractivity contribution in [3.05, 3.63) is 52.9 Å². The molecule has 7 nitrogen and oxygen atoms in total. The summed E-state index contributed by atoms with van der Waals surface area (Å²) in [6, 6.07) is 2.05. The van der Waals surface area contributed by atoms with Crippen LogP contribution in [0.1, 0.15) is 69.0 Å². The normalized spacial score (nSPS) is 19.2. The Bertz CT molecular complexity index is 1540. The minimum Gasteiger partial charge on any atom is -0.389 e. The molecule has 3 aromatic rings. The van der Waals surface area contributed by atoms with Gasteiger partial charge < -0.3 is 15.4 Å². The number of unbranched alkanes of at least 4 members (excludes halogenated alkanes) is 1. The van der Waals surface area contributed by atoms with Gasteiger partial charge in [-0.05, 0) is 40.9 Å². The number of pyridine rings is 1. The van der Waals surface area contributed by atoms with Crippen molar-refractivity contribution in [3.63, 3.8) is 0 Å². The van der Waals surface area contributed by atoms with Crippen molar-refractivity contribution in [3.8, 4) is 6.07 Å². The fourth-order valence-corrected chi connectivity index (χ4v) is 6.43. The molecule has 1 spiro atoms. The van der Waals surface area contributed by atoms with Gasteiger partial charge in [-0.25, -0.2) is 18.7 Å². The topological polar surface area (TPSA) is 101 Å². The number of anilines is 2. The summed E-state index contributed by atoms with van der Waals surface area (Å²) in [5.41, 5.74) is 9.62. The van der Waals surface area contributed by atoms with Gasteiger partial charge in [0, 0.05) is 30.2 Å². The van der Waals surface area contributed by atoms with E-state index in [1.165, 1.54) is 25.7 Å². The van der Waals surface area contributed by atoms with Crippen LogP contribution in [0, 0.1) is 28.5 Å². The standard InChI is InChI=1S/C26H24F2N6OS.C4H10/c1-13-9-34(12-26(13)3-4-26)25-32-7-16(20(5-27)33-25)18-11-35-10-17(18)14(2)22-21-15(6-29)24(30)36-23(21)19(28)8-31-22;1-3-4-2/h7-8,13H,2-5,9-12,30H2,1H3;3-4H2,1-2H3. The molecule has 1 unspecified atom stereocenters. The molecule has 0 bridgehead atoms. The molecule has 1 aliphatic carbocycles. The fraction of sp³-hybridized carbons (Fsp3) is 0.467. The van der Waals surface area contributed by atoms with Crippen molar-refractivity contribution in [1.29, 1.82) is 5.26 Å². The maximum absolute atomic E-state index is 14.5. The molecular formula is C30H34F2N6OS. The van der Waals surface area contributed by atoms with Crippen molar-refractivity contribution < 1.29 is 13.5 Å². The molecule has 0 aromatic carbocycles. The van der Waals surface area contributed by atoms with E-state index in [0.717, 1.165) is 30.6 Å². The number of rotatable bonds is 6. The Balaban J connectivity index is 0.000000758. The summed E-state index contributed by atoms with van der Waals surface area (Å²) in [6.07, 6.45) is 7.85. The van der Waals surface area contributed by atoms with Crippen LogP contribution in [0.5, 0.6) is 0 Å². The lowest BCUT2D eigenvalue weighted by Crippen LogP contribution is -2.23. The summed E-state index contributed by atoms with van der Waals surface area (Å²) in [4.78, 5) is 15.6. The number of nitrogen functional groups attached to an aromatic ring is 1. The Morgan fingerprint density at radius 1 is 1.27 bits per heavy atom. The van der Waals surface area contributed by atoms with Crippen LogP contribution in [0.15, 0.2) is 24.5 Å². The van der Waals surface area contributed by atoms with Crippen molar-refractivity contribution >= 4 is 43.5 Å². The smallest absolute Gasteiger partial charge is 0.225 e. The molecule has 2 fully saturated rings. The Morgan fingerprint density at radius 3 is 2.65 bits per heavy atom. The van der Waals surface area contributed by atoms with E-state index in [2.05, 4.69) is 53.3 Å². The van der Waals surface area contributed by atoms with Gasteiger partial charge in [0.1, 0.15) is 17.7 Å². The molecule has 10 heteroatoms. The molecule has 3 aliphatic rings. The number of fused-ring (bicyclic) bond motifs is 1. The van der Waals surface area contributed by atoms with E-state index < -0.39 is 12.5 Å². The highest BCUT2D eigenvalue weighted by molar-refractivity contribution is 7.23. The first-order valence-corrected chi connectivity index (χ1v) is 14.5. The number of alkyl halides is 1. The van der Waals surface area contributed by atoms with Crippen LogP contribution in [0.3, 0.4) is 0 Å². The highest BCUT2D eigenvalue weighted by Gasteiger charge is 2.53. The largest absolute Gasteiger partial charge is 0.389 e. The number of hydrogen-bond acceptors (Lipinski definition) is 8. The molecule has 1 atom stereocenters. The molecule has 6 rings (SSSR count). The average Bonchev–Trinajstić information content (AvgIpc) is 3.28. The quantitative estimate of drug-likeness (QED) is 0.356. The predicted octanol–water partition coefficient (Wildman–Crippen LogP) is 6.69. The monoisotopic (exact) mass is 564 g/mol. The molecule has 1 saturated carbocycles. The van der Waals surface area contributed by atoms with Gasteiger partial charge in [-0.1, -0.05) is 40.2 Å². The summed E-state index contributed by atoms with van der Waals surface area (Å²) < 4.78 is 34.7. The number of ether oxygens (including phenoxy) is 1. The first-order valence-electron chi connectivity index (χ1n) is 13.7. The van der Waals surface area contributed by atoms with E-state index in [-0.39, 0.29) is 28.5 Å². The zero-order valence-corrected chi connectivity index (χ0v) is 24.0. The molecule has 1 saturated heterocycles. The lowest BCUT2D eigenvalue weighted by Gasteiger charge is -2.18. The molecule has 5 heterocycles. The van der Waals surface area contributed by atoms with Crippen LogP contribution in [-0.4, -0.2) is 41.3 Å². The van der Waals surface area contributed by atoms with Crippen molar-refractivity contribution in [2.45, 2.75) is 53.1 Å². The average molecular weight is 565 g/mol. The number of aromatic nitrogens is 3. The van der Waals surface area contributed by atoms with Crippen LogP contribution >= 0.6 is 11.3 Å². The molecule has 210 valence electrons.